The Morgan fingerprint density at radius 3 is 1.14 bits per heavy atom. The van der Waals surface area contributed by atoms with Crippen LogP contribution in [0.5, 0.6) is 0 Å². The Morgan fingerprint density at radius 2 is 0.800 bits per heavy atom. The first kappa shape index (κ1) is 36.6. The maximum absolute atomic E-state index is 14.4. The van der Waals surface area contributed by atoms with Crippen LogP contribution in [0, 0.1) is 0 Å². The number of benzene rings is 6. The van der Waals surface area contributed by atoms with Crippen LogP contribution in [0.4, 0.5) is 0 Å². The van der Waals surface area contributed by atoms with Gasteiger partial charge in [-0.05, 0) is 120 Å². The highest BCUT2D eigenvalue weighted by Gasteiger charge is 2.19. The van der Waals surface area contributed by atoms with Gasteiger partial charge < -0.3 is 9.80 Å². The van der Waals surface area contributed by atoms with Crippen LogP contribution < -0.4 is 0 Å². The molecule has 7 heteroatoms. The number of hydrogen-bond donors (Lipinski definition) is 0. The van der Waals surface area contributed by atoms with E-state index in [4.69, 9.17) is 0 Å². The van der Waals surface area contributed by atoms with Gasteiger partial charge in [0.1, 0.15) is 0 Å². The van der Waals surface area contributed by atoms with E-state index in [2.05, 4.69) is 175 Å². The molecule has 50 heavy (non-hydrogen) atoms. The highest BCUT2D eigenvalue weighted by atomic mass is 79.9. The predicted octanol–water partition coefficient (Wildman–Crippen LogP) is 12.8. The first-order valence-electron chi connectivity index (χ1n) is 16.2. The molecule has 0 saturated carbocycles. The number of halogens is 4. The van der Waals surface area contributed by atoms with E-state index < -0.39 is 0 Å². The summed E-state index contributed by atoms with van der Waals surface area (Å²) in [4.78, 5) is 18.8. The number of nitrogens with zero attached hydrogens (tertiary/aromatic N) is 2. The van der Waals surface area contributed by atoms with Crippen molar-refractivity contribution in [2.24, 2.45) is 0 Å². The molecule has 6 rings (SSSR count). The monoisotopic (exact) mass is 912 g/mol. The minimum atomic E-state index is -0.0327. The van der Waals surface area contributed by atoms with Gasteiger partial charge in [0.2, 0.25) is 0 Å². The maximum Gasteiger partial charge on any atom is 0.193 e. The van der Waals surface area contributed by atoms with Gasteiger partial charge in [0.15, 0.2) is 5.78 Å². The maximum atomic E-state index is 14.4. The zero-order valence-electron chi connectivity index (χ0n) is 28.3. The Morgan fingerprint density at radius 1 is 0.440 bits per heavy atom. The lowest BCUT2D eigenvalue weighted by Gasteiger charge is -2.17. The molecule has 0 aromatic heterocycles. The molecule has 6 aromatic carbocycles. The van der Waals surface area contributed by atoms with Crippen LogP contribution in [0.15, 0.2) is 139 Å². The summed E-state index contributed by atoms with van der Waals surface area (Å²) < 4.78 is 3.86. The quantitative estimate of drug-likeness (QED) is 0.128. The van der Waals surface area contributed by atoms with Crippen LogP contribution in [-0.4, -0.2) is 43.8 Å². The molecule has 0 aliphatic heterocycles. The summed E-state index contributed by atoms with van der Waals surface area (Å²) in [6.45, 7) is 1.75. The third kappa shape index (κ3) is 8.47. The molecular formula is C43H36Br4N2O. The fraction of sp³-hybridized carbons (Fsp3) is 0.140. The Kier molecular flexibility index (Phi) is 11.7. The lowest BCUT2D eigenvalue weighted by molar-refractivity contribution is 0.103. The number of carbonyl (C=O) groups is 1. The largest absolute Gasteiger partial charge is 0.305 e. The standard InChI is InChI=1S/C43H36Br4N2O/c1-48(2)25-27-5-9-29(10-6-27)35-17-13-31(21-39(35)37-19-15-33(44)23-41(37)46)43(50)32-14-18-36(30-11-7-28(8-12-30)26-49(3)4)40(22-32)38-20-16-34(45)24-42(38)47/h5-24H,25-26H2,1-4H3. The van der Waals surface area contributed by atoms with Crippen LogP contribution in [0.3, 0.4) is 0 Å². The molecule has 0 N–H and O–H groups in total. The summed E-state index contributed by atoms with van der Waals surface area (Å²) in [5.41, 5.74) is 12.1. The summed E-state index contributed by atoms with van der Waals surface area (Å²) >= 11 is 14.8. The van der Waals surface area contributed by atoms with Gasteiger partial charge in [0.05, 0.1) is 0 Å². The van der Waals surface area contributed by atoms with Gasteiger partial charge in [-0.3, -0.25) is 4.79 Å². The summed E-state index contributed by atoms with van der Waals surface area (Å²) in [6, 6.07) is 41.8. The first-order valence-corrected chi connectivity index (χ1v) is 19.4. The lowest BCUT2D eigenvalue weighted by atomic mass is 9.88. The Labute approximate surface area is 328 Å². The molecular weight excluding hydrogens is 880 g/mol. The Hall–Kier alpha value is -3.17. The van der Waals surface area contributed by atoms with E-state index in [1.807, 2.05) is 48.5 Å². The average molecular weight is 916 g/mol. The Balaban J connectivity index is 1.45. The second-order valence-corrected chi connectivity index (χ2v) is 16.5. The van der Waals surface area contributed by atoms with Crippen LogP contribution in [0.2, 0.25) is 0 Å². The van der Waals surface area contributed by atoms with Crippen LogP contribution in [0.25, 0.3) is 44.5 Å². The summed E-state index contributed by atoms with van der Waals surface area (Å²) in [7, 11) is 8.30. The van der Waals surface area contributed by atoms with Crippen molar-refractivity contribution in [2.75, 3.05) is 28.2 Å². The van der Waals surface area contributed by atoms with Crippen molar-refractivity contribution < 1.29 is 4.79 Å². The molecule has 0 spiro atoms. The fourth-order valence-electron chi connectivity index (χ4n) is 6.21. The molecule has 0 fully saturated rings. The van der Waals surface area contributed by atoms with Crippen molar-refractivity contribution in [2.45, 2.75) is 13.1 Å². The van der Waals surface area contributed by atoms with E-state index >= 15 is 0 Å². The van der Waals surface area contributed by atoms with Crippen molar-refractivity contribution >= 4 is 69.5 Å². The van der Waals surface area contributed by atoms with E-state index in [1.165, 1.54) is 11.1 Å². The van der Waals surface area contributed by atoms with Crippen molar-refractivity contribution in [1.29, 1.82) is 0 Å². The fourth-order valence-corrected chi connectivity index (χ4v) is 8.73. The number of carbonyl (C=O) groups excluding carboxylic acids is 1. The smallest absolute Gasteiger partial charge is 0.193 e. The molecule has 0 bridgehead atoms. The second kappa shape index (κ2) is 16.0. The van der Waals surface area contributed by atoms with Gasteiger partial charge in [-0.2, -0.15) is 0 Å². The Bertz CT molecular complexity index is 2020. The number of rotatable bonds is 10. The van der Waals surface area contributed by atoms with Gasteiger partial charge in [0.25, 0.3) is 0 Å². The minimum Gasteiger partial charge on any atom is -0.305 e. The van der Waals surface area contributed by atoms with Gasteiger partial charge in [-0.1, -0.05) is 149 Å². The lowest BCUT2D eigenvalue weighted by Crippen LogP contribution is -2.10. The molecule has 0 aliphatic rings. The van der Waals surface area contributed by atoms with E-state index in [0.29, 0.717) is 11.1 Å². The minimum absolute atomic E-state index is 0.0327. The van der Waals surface area contributed by atoms with E-state index in [0.717, 1.165) is 75.5 Å². The molecule has 0 amide bonds. The van der Waals surface area contributed by atoms with Crippen LogP contribution in [0.1, 0.15) is 27.0 Å². The normalized spacial score (nSPS) is 11.4. The van der Waals surface area contributed by atoms with Crippen LogP contribution in [-0.2, 0) is 13.1 Å². The zero-order chi connectivity index (χ0) is 35.5. The molecule has 0 aliphatic carbocycles. The van der Waals surface area contributed by atoms with Gasteiger partial charge in [0, 0.05) is 42.1 Å². The van der Waals surface area contributed by atoms with Gasteiger partial charge in [-0.25, -0.2) is 0 Å². The van der Waals surface area contributed by atoms with E-state index in [9.17, 15) is 4.79 Å². The molecule has 0 atom stereocenters. The number of hydrogen-bond acceptors (Lipinski definition) is 3. The summed E-state index contributed by atoms with van der Waals surface area (Å²) in [5.74, 6) is -0.0327. The summed E-state index contributed by atoms with van der Waals surface area (Å²) in [6.07, 6.45) is 0. The molecule has 0 saturated heterocycles. The predicted molar refractivity (Wildman–Crippen MR) is 224 cm³/mol. The highest BCUT2D eigenvalue weighted by Crippen LogP contribution is 2.41. The second-order valence-electron chi connectivity index (χ2n) is 13.0. The average Bonchev–Trinajstić information content (AvgIpc) is 3.08. The van der Waals surface area contributed by atoms with Crippen molar-refractivity contribution in [3.63, 3.8) is 0 Å². The molecule has 0 radical (unpaired) electrons. The van der Waals surface area contributed by atoms with Crippen molar-refractivity contribution in [3.05, 3.63) is 161 Å². The summed E-state index contributed by atoms with van der Waals surface area (Å²) in [5, 5.41) is 0. The SMILES string of the molecule is CN(C)Cc1ccc(-c2ccc(C(=O)c3ccc(-c4ccc(CN(C)C)cc4)c(-c4ccc(Br)cc4Br)c3)cc2-c2ccc(Br)cc2Br)cc1. The number of ketones is 1. The molecule has 0 unspecified atom stereocenters. The zero-order valence-corrected chi connectivity index (χ0v) is 34.6. The van der Waals surface area contributed by atoms with Crippen molar-refractivity contribution in [3.8, 4) is 44.5 Å². The third-order valence-electron chi connectivity index (χ3n) is 8.53. The molecule has 6 aromatic rings. The van der Waals surface area contributed by atoms with E-state index in [1.54, 1.807) is 0 Å². The highest BCUT2D eigenvalue weighted by molar-refractivity contribution is 9.11. The van der Waals surface area contributed by atoms with Crippen molar-refractivity contribution in [1.82, 2.24) is 9.80 Å². The molecule has 0 heterocycles. The van der Waals surface area contributed by atoms with Crippen LogP contribution >= 0.6 is 63.7 Å². The molecule has 252 valence electrons. The van der Waals surface area contributed by atoms with Gasteiger partial charge in [-0.15, -0.1) is 0 Å². The molecule has 3 nitrogen and oxygen atoms in total. The first-order chi connectivity index (χ1) is 24.0. The topological polar surface area (TPSA) is 23.6 Å². The van der Waals surface area contributed by atoms with E-state index in [-0.39, 0.29) is 5.78 Å². The third-order valence-corrected chi connectivity index (χ3v) is 10.8. The van der Waals surface area contributed by atoms with Gasteiger partial charge >= 0.3 is 0 Å².